The molecule has 0 atom stereocenters. The van der Waals surface area contributed by atoms with Crippen LogP contribution in [0.2, 0.25) is 0 Å². The highest BCUT2D eigenvalue weighted by Crippen LogP contribution is 2.22. The molecule has 106 valence electrons. The number of hydrogen-bond donors (Lipinski definition) is 2. The number of nitrogens with zero attached hydrogens (tertiary/aromatic N) is 1. The number of benzene rings is 1. The highest BCUT2D eigenvalue weighted by atomic mass is 32.1. The van der Waals surface area contributed by atoms with Crippen LogP contribution in [0.4, 0.5) is 0 Å². The number of ether oxygens (including phenoxy) is 1. The fourth-order valence-corrected chi connectivity index (χ4v) is 2.65. The fourth-order valence-electron chi connectivity index (χ4n) is 1.77. The van der Waals surface area contributed by atoms with Crippen molar-refractivity contribution in [3.05, 3.63) is 61.9 Å². The maximum atomic E-state index is 11.8. The Labute approximate surface area is 121 Å². The van der Waals surface area contributed by atoms with Crippen molar-refractivity contribution in [2.24, 2.45) is 0 Å². The topological polar surface area (TPSA) is 105 Å². The van der Waals surface area contributed by atoms with E-state index in [9.17, 15) is 14.4 Å². The van der Waals surface area contributed by atoms with Crippen molar-refractivity contribution in [1.29, 1.82) is 0 Å². The van der Waals surface area contributed by atoms with Crippen LogP contribution in [0, 0.1) is 0 Å². The molecule has 0 radical (unpaired) electrons. The minimum atomic E-state index is -0.780. The third kappa shape index (κ3) is 2.90. The molecule has 7 nitrogen and oxygen atoms in total. The van der Waals surface area contributed by atoms with Crippen LogP contribution >= 0.6 is 11.3 Å². The third-order valence-electron chi connectivity index (χ3n) is 2.65. The standard InChI is InChI=1S/C13H9N3O4S/c17-10-5-8(15-13(19)16-10)12(18)20-6-11-14-7-3-1-2-4-9(7)21-11/h1-5H,6H2,(H2,15,16,17,19). The van der Waals surface area contributed by atoms with E-state index in [4.69, 9.17) is 4.74 Å². The number of H-pyrrole nitrogens is 2. The van der Waals surface area contributed by atoms with E-state index in [1.807, 2.05) is 29.2 Å². The number of hydrogen-bond acceptors (Lipinski definition) is 6. The summed E-state index contributed by atoms with van der Waals surface area (Å²) in [6.07, 6.45) is 0. The van der Waals surface area contributed by atoms with Gasteiger partial charge in [-0.25, -0.2) is 14.6 Å². The first kappa shape index (κ1) is 13.3. The quantitative estimate of drug-likeness (QED) is 0.703. The molecule has 0 spiro atoms. The van der Waals surface area contributed by atoms with Crippen LogP contribution in [0.1, 0.15) is 15.5 Å². The molecular formula is C13H9N3O4S. The second kappa shape index (κ2) is 5.33. The molecule has 0 saturated heterocycles. The molecule has 0 aliphatic heterocycles. The lowest BCUT2D eigenvalue weighted by Gasteiger charge is -2.01. The van der Waals surface area contributed by atoms with Gasteiger partial charge in [0.2, 0.25) is 0 Å². The minimum absolute atomic E-state index is 0.0208. The monoisotopic (exact) mass is 303 g/mol. The molecule has 2 N–H and O–H groups in total. The molecule has 8 heteroatoms. The number of carbonyl (C=O) groups excluding carboxylic acids is 1. The number of para-hydroxylation sites is 1. The summed E-state index contributed by atoms with van der Waals surface area (Å²) in [4.78, 5) is 42.5. The summed E-state index contributed by atoms with van der Waals surface area (Å²) >= 11 is 1.41. The molecule has 0 aliphatic carbocycles. The summed E-state index contributed by atoms with van der Waals surface area (Å²) in [6, 6.07) is 8.54. The first-order chi connectivity index (χ1) is 10.1. The van der Waals surface area contributed by atoms with Crippen molar-refractivity contribution in [1.82, 2.24) is 15.0 Å². The molecule has 0 bridgehead atoms. The number of fused-ring (bicyclic) bond motifs is 1. The summed E-state index contributed by atoms with van der Waals surface area (Å²) in [5, 5.41) is 0.636. The van der Waals surface area contributed by atoms with E-state index in [-0.39, 0.29) is 12.3 Å². The molecule has 3 rings (SSSR count). The van der Waals surface area contributed by atoms with Crippen molar-refractivity contribution in [2.45, 2.75) is 6.61 Å². The Hall–Kier alpha value is -2.74. The Morgan fingerprint density at radius 2 is 2.05 bits per heavy atom. The second-order valence-electron chi connectivity index (χ2n) is 4.15. The Morgan fingerprint density at radius 3 is 2.81 bits per heavy atom. The zero-order valence-corrected chi connectivity index (χ0v) is 11.4. The molecule has 2 aromatic heterocycles. The van der Waals surface area contributed by atoms with Gasteiger partial charge in [-0.15, -0.1) is 11.3 Å². The fraction of sp³-hybridized carbons (Fsp3) is 0.0769. The van der Waals surface area contributed by atoms with Gasteiger partial charge in [0.25, 0.3) is 5.56 Å². The molecule has 0 unspecified atom stereocenters. The summed E-state index contributed by atoms with van der Waals surface area (Å²) in [5.74, 6) is -0.780. The summed E-state index contributed by atoms with van der Waals surface area (Å²) in [7, 11) is 0. The average Bonchev–Trinajstić information content (AvgIpc) is 2.86. The van der Waals surface area contributed by atoms with Gasteiger partial charge in [-0.1, -0.05) is 12.1 Å². The van der Waals surface area contributed by atoms with Gasteiger partial charge in [0.1, 0.15) is 17.3 Å². The van der Waals surface area contributed by atoms with E-state index in [0.717, 1.165) is 16.3 Å². The molecule has 0 saturated carbocycles. The number of nitrogens with one attached hydrogen (secondary N) is 2. The Balaban J connectivity index is 1.76. The van der Waals surface area contributed by atoms with Crippen LogP contribution in [0.3, 0.4) is 0 Å². The highest BCUT2D eigenvalue weighted by molar-refractivity contribution is 7.18. The van der Waals surface area contributed by atoms with E-state index in [1.165, 1.54) is 11.3 Å². The van der Waals surface area contributed by atoms with E-state index >= 15 is 0 Å². The summed E-state index contributed by atoms with van der Waals surface area (Å²) in [6.45, 7) is -0.0208. The number of esters is 1. The van der Waals surface area contributed by atoms with Gasteiger partial charge in [0.15, 0.2) is 0 Å². The van der Waals surface area contributed by atoms with Gasteiger partial charge < -0.3 is 9.72 Å². The zero-order chi connectivity index (χ0) is 14.8. The Bertz CT molecular complexity index is 863. The Morgan fingerprint density at radius 1 is 1.24 bits per heavy atom. The molecule has 0 aliphatic rings. The van der Waals surface area contributed by atoms with Crippen LogP contribution in [-0.4, -0.2) is 20.9 Å². The molecule has 3 aromatic rings. The second-order valence-corrected chi connectivity index (χ2v) is 5.27. The molecule has 1 aromatic carbocycles. The maximum Gasteiger partial charge on any atom is 0.355 e. The van der Waals surface area contributed by atoms with Gasteiger partial charge in [-0.3, -0.25) is 9.78 Å². The predicted molar refractivity (Wildman–Crippen MR) is 76.4 cm³/mol. The minimum Gasteiger partial charge on any atom is -0.454 e. The van der Waals surface area contributed by atoms with E-state index < -0.39 is 17.2 Å². The SMILES string of the molecule is O=C(OCc1nc2ccccc2s1)c1cc(=O)[nH]c(=O)[nH]1. The summed E-state index contributed by atoms with van der Waals surface area (Å²) in [5.41, 5.74) is -0.775. The van der Waals surface area contributed by atoms with Gasteiger partial charge in [-0.05, 0) is 12.1 Å². The van der Waals surface area contributed by atoms with Crippen molar-refractivity contribution in [3.63, 3.8) is 0 Å². The van der Waals surface area contributed by atoms with Crippen LogP contribution in [0.15, 0.2) is 39.9 Å². The van der Waals surface area contributed by atoms with Gasteiger partial charge >= 0.3 is 11.7 Å². The first-order valence-corrected chi connectivity index (χ1v) is 6.79. The van der Waals surface area contributed by atoms with Crippen molar-refractivity contribution < 1.29 is 9.53 Å². The van der Waals surface area contributed by atoms with Crippen molar-refractivity contribution in [2.75, 3.05) is 0 Å². The van der Waals surface area contributed by atoms with Crippen LogP contribution in [-0.2, 0) is 11.3 Å². The van der Waals surface area contributed by atoms with E-state index in [2.05, 4.69) is 9.97 Å². The van der Waals surface area contributed by atoms with E-state index in [1.54, 1.807) is 0 Å². The third-order valence-corrected chi connectivity index (χ3v) is 3.66. The zero-order valence-electron chi connectivity index (χ0n) is 10.6. The van der Waals surface area contributed by atoms with Crippen molar-refractivity contribution in [3.8, 4) is 0 Å². The number of rotatable bonds is 3. The molecule has 2 heterocycles. The average molecular weight is 303 g/mol. The lowest BCUT2D eigenvalue weighted by Crippen LogP contribution is -2.25. The molecule has 0 fully saturated rings. The van der Waals surface area contributed by atoms with Crippen LogP contribution in [0.5, 0.6) is 0 Å². The van der Waals surface area contributed by atoms with Gasteiger partial charge in [0, 0.05) is 6.07 Å². The smallest absolute Gasteiger partial charge is 0.355 e. The van der Waals surface area contributed by atoms with Gasteiger partial charge in [0.05, 0.1) is 10.2 Å². The Kier molecular flexibility index (Phi) is 3.36. The largest absolute Gasteiger partial charge is 0.454 e. The predicted octanol–water partition coefficient (Wildman–Crippen LogP) is 1.03. The first-order valence-electron chi connectivity index (χ1n) is 5.97. The molecule has 0 amide bonds. The normalized spacial score (nSPS) is 10.7. The lowest BCUT2D eigenvalue weighted by atomic mass is 10.3. The highest BCUT2D eigenvalue weighted by Gasteiger charge is 2.11. The maximum absolute atomic E-state index is 11.8. The number of thiazole rings is 1. The lowest BCUT2D eigenvalue weighted by molar-refractivity contribution is 0.0465. The van der Waals surface area contributed by atoms with Crippen LogP contribution < -0.4 is 11.2 Å². The van der Waals surface area contributed by atoms with Gasteiger partial charge in [-0.2, -0.15) is 0 Å². The van der Waals surface area contributed by atoms with Crippen LogP contribution in [0.25, 0.3) is 10.2 Å². The molecular weight excluding hydrogens is 294 g/mol. The van der Waals surface area contributed by atoms with E-state index in [0.29, 0.717) is 5.01 Å². The number of carbonyl (C=O) groups is 1. The number of aromatic nitrogens is 3. The molecule has 21 heavy (non-hydrogen) atoms. The van der Waals surface area contributed by atoms with Crippen molar-refractivity contribution >= 4 is 27.5 Å². The number of aromatic amines is 2. The summed E-state index contributed by atoms with van der Waals surface area (Å²) < 4.78 is 6.03.